The first-order valence-electron chi connectivity index (χ1n) is 6.36. The molecule has 1 saturated carbocycles. The number of hydrogen-bond donors (Lipinski definition) is 2. The molecule has 1 fully saturated rings. The van der Waals surface area contributed by atoms with E-state index in [2.05, 4.69) is 10.4 Å². The van der Waals surface area contributed by atoms with Crippen LogP contribution in [0.4, 0.5) is 0 Å². The number of carbonyl (C=O) groups is 2. The number of carbonyl (C=O) groups excluding carboxylic acids is 1. The van der Waals surface area contributed by atoms with Gasteiger partial charge in [0.05, 0.1) is 23.2 Å². The van der Waals surface area contributed by atoms with Crippen molar-refractivity contribution < 1.29 is 14.7 Å². The highest BCUT2D eigenvalue weighted by Crippen LogP contribution is 2.27. The van der Waals surface area contributed by atoms with Gasteiger partial charge in [0.2, 0.25) is 0 Å². The van der Waals surface area contributed by atoms with Crippen LogP contribution in [0.3, 0.4) is 0 Å². The van der Waals surface area contributed by atoms with E-state index in [0.29, 0.717) is 18.4 Å². The van der Waals surface area contributed by atoms with Gasteiger partial charge in [-0.2, -0.15) is 5.10 Å². The summed E-state index contributed by atoms with van der Waals surface area (Å²) in [5.74, 6) is -1.29. The summed E-state index contributed by atoms with van der Waals surface area (Å²) >= 11 is 0. The van der Waals surface area contributed by atoms with Crippen molar-refractivity contribution in [1.82, 2.24) is 15.1 Å². The second-order valence-corrected chi connectivity index (χ2v) is 6.02. The Morgan fingerprint density at radius 2 is 2.05 bits per heavy atom. The summed E-state index contributed by atoms with van der Waals surface area (Å²) in [5, 5.41) is 15.8. The third-order valence-corrected chi connectivity index (χ3v) is 3.35. The number of rotatable bonds is 3. The zero-order valence-corrected chi connectivity index (χ0v) is 11.4. The number of aromatic nitrogens is 2. The highest BCUT2D eigenvalue weighted by molar-refractivity contribution is 5.94. The Morgan fingerprint density at radius 3 is 2.53 bits per heavy atom. The molecular weight excluding hydrogens is 246 g/mol. The fourth-order valence-electron chi connectivity index (χ4n) is 2.01. The van der Waals surface area contributed by atoms with Gasteiger partial charge in [0.1, 0.15) is 0 Å². The first kappa shape index (κ1) is 13.6. The maximum Gasteiger partial charge on any atom is 0.306 e. The molecule has 1 heterocycles. The molecule has 1 aliphatic carbocycles. The van der Waals surface area contributed by atoms with E-state index >= 15 is 0 Å². The lowest BCUT2D eigenvalue weighted by Gasteiger charge is -2.32. The van der Waals surface area contributed by atoms with Crippen LogP contribution < -0.4 is 5.32 Å². The molecule has 104 valence electrons. The fraction of sp³-hybridized carbons (Fsp3) is 0.615. The van der Waals surface area contributed by atoms with E-state index in [1.165, 1.54) is 6.20 Å². The summed E-state index contributed by atoms with van der Waals surface area (Å²) < 4.78 is 1.74. The van der Waals surface area contributed by atoms with E-state index in [1.54, 1.807) is 10.9 Å². The standard InChI is InChI=1S/C13H19N3O3/c1-13(2,3)16-7-9(6-14-16)11(17)15-10-4-8(5-10)12(18)19/h6-8,10H,4-5H2,1-3H3,(H,15,17)(H,18,19). The van der Waals surface area contributed by atoms with Crippen molar-refractivity contribution in [2.24, 2.45) is 5.92 Å². The molecular formula is C13H19N3O3. The average Bonchev–Trinajstić information content (AvgIpc) is 2.70. The second kappa shape index (κ2) is 4.68. The lowest BCUT2D eigenvalue weighted by Crippen LogP contribution is -2.46. The molecule has 2 rings (SSSR count). The van der Waals surface area contributed by atoms with Crippen LogP contribution in [0, 0.1) is 5.92 Å². The summed E-state index contributed by atoms with van der Waals surface area (Å²) in [7, 11) is 0. The van der Waals surface area contributed by atoms with Gasteiger partial charge < -0.3 is 10.4 Å². The number of nitrogens with one attached hydrogen (secondary N) is 1. The minimum absolute atomic E-state index is 0.0356. The van der Waals surface area contributed by atoms with Crippen molar-refractivity contribution in [2.45, 2.75) is 45.2 Å². The van der Waals surface area contributed by atoms with Crippen LogP contribution in [0.1, 0.15) is 44.0 Å². The number of nitrogens with zero attached hydrogens (tertiary/aromatic N) is 2. The van der Waals surface area contributed by atoms with E-state index < -0.39 is 5.97 Å². The molecule has 0 aliphatic heterocycles. The zero-order chi connectivity index (χ0) is 14.2. The molecule has 0 spiro atoms. The van der Waals surface area contributed by atoms with Crippen LogP contribution in [-0.4, -0.2) is 32.8 Å². The van der Waals surface area contributed by atoms with Gasteiger partial charge >= 0.3 is 5.97 Å². The Morgan fingerprint density at radius 1 is 1.42 bits per heavy atom. The summed E-state index contributed by atoms with van der Waals surface area (Å²) in [4.78, 5) is 22.6. The number of hydrogen-bond acceptors (Lipinski definition) is 3. The van der Waals surface area contributed by atoms with Crippen molar-refractivity contribution >= 4 is 11.9 Å². The van der Waals surface area contributed by atoms with Gasteiger partial charge in [0.15, 0.2) is 0 Å². The molecule has 0 unspecified atom stereocenters. The maximum atomic E-state index is 12.0. The number of carboxylic acid groups (broad SMARTS) is 1. The lowest BCUT2D eigenvalue weighted by atomic mass is 9.80. The monoisotopic (exact) mass is 265 g/mol. The molecule has 1 aliphatic rings. The molecule has 0 atom stereocenters. The Kier molecular flexibility index (Phi) is 3.34. The minimum atomic E-state index is -0.786. The van der Waals surface area contributed by atoms with E-state index in [4.69, 9.17) is 5.11 Å². The molecule has 6 nitrogen and oxygen atoms in total. The number of carboxylic acids is 1. The molecule has 6 heteroatoms. The molecule has 19 heavy (non-hydrogen) atoms. The van der Waals surface area contributed by atoms with Crippen LogP contribution in [-0.2, 0) is 10.3 Å². The highest BCUT2D eigenvalue weighted by Gasteiger charge is 2.35. The summed E-state index contributed by atoms with van der Waals surface area (Å²) in [5.41, 5.74) is 0.345. The first-order valence-corrected chi connectivity index (χ1v) is 6.36. The Labute approximate surface area is 111 Å². The fourth-order valence-corrected chi connectivity index (χ4v) is 2.01. The molecule has 0 aromatic carbocycles. The van der Waals surface area contributed by atoms with Crippen LogP contribution in [0.5, 0.6) is 0 Å². The van der Waals surface area contributed by atoms with Gasteiger partial charge in [-0.15, -0.1) is 0 Å². The number of amides is 1. The maximum absolute atomic E-state index is 12.0. The van der Waals surface area contributed by atoms with Gasteiger partial charge in [-0.3, -0.25) is 14.3 Å². The average molecular weight is 265 g/mol. The molecule has 2 N–H and O–H groups in total. The number of aliphatic carboxylic acids is 1. The van der Waals surface area contributed by atoms with E-state index in [9.17, 15) is 9.59 Å². The van der Waals surface area contributed by atoms with Crippen molar-refractivity contribution in [3.05, 3.63) is 18.0 Å². The largest absolute Gasteiger partial charge is 0.481 e. The summed E-state index contributed by atoms with van der Waals surface area (Å²) in [6, 6.07) is -0.0356. The molecule has 1 aromatic rings. The quantitative estimate of drug-likeness (QED) is 0.861. The van der Waals surface area contributed by atoms with E-state index in [-0.39, 0.29) is 23.4 Å². The van der Waals surface area contributed by atoms with Crippen LogP contribution in [0.2, 0.25) is 0 Å². The Bertz CT molecular complexity index is 495. The molecule has 0 saturated heterocycles. The van der Waals surface area contributed by atoms with Crippen molar-refractivity contribution in [2.75, 3.05) is 0 Å². The lowest BCUT2D eigenvalue weighted by molar-refractivity contribution is -0.145. The topological polar surface area (TPSA) is 84.2 Å². The molecule has 0 bridgehead atoms. The van der Waals surface area contributed by atoms with Gasteiger partial charge in [-0.05, 0) is 33.6 Å². The van der Waals surface area contributed by atoms with E-state index in [1.807, 2.05) is 20.8 Å². The van der Waals surface area contributed by atoms with Crippen LogP contribution >= 0.6 is 0 Å². The minimum Gasteiger partial charge on any atom is -0.481 e. The van der Waals surface area contributed by atoms with Gasteiger partial charge in [0.25, 0.3) is 5.91 Å². The molecule has 1 amide bonds. The molecule has 1 aromatic heterocycles. The van der Waals surface area contributed by atoms with Crippen molar-refractivity contribution in [3.63, 3.8) is 0 Å². The Balaban J connectivity index is 1.91. The molecule has 0 radical (unpaired) electrons. The highest BCUT2D eigenvalue weighted by atomic mass is 16.4. The smallest absolute Gasteiger partial charge is 0.306 e. The van der Waals surface area contributed by atoms with Gasteiger partial charge in [-0.1, -0.05) is 0 Å². The third kappa shape index (κ3) is 2.94. The van der Waals surface area contributed by atoms with Crippen molar-refractivity contribution in [3.8, 4) is 0 Å². The normalized spacial score (nSPS) is 22.7. The second-order valence-electron chi connectivity index (χ2n) is 6.02. The van der Waals surface area contributed by atoms with Gasteiger partial charge in [0, 0.05) is 12.2 Å². The predicted octanol–water partition coefficient (Wildman–Crippen LogP) is 1.23. The zero-order valence-electron chi connectivity index (χ0n) is 11.4. The summed E-state index contributed by atoms with van der Waals surface area (Å²) in [6.07, 6.45) is 4.26. The SMILES string of the molecule is CC(C)(C)n1cc(C(=O)NC2CC(C(=O)O)C2)cn1. The van der Waals surface area contributed by atoms with Gasteiger partial charge in [-0.25, -0.2) is 0 Å². The van der Waals surface area contributed by atoms with Crippen LogP contribution in [0.25, 0.3) is 0 Å². The first-order chi connectivity index (χ1) is 8.77. The Hall–Kier alpha value is -1.85. The van der Waals surface area contributed by atoms with E-state index in [0.717, 1.165) is 0 Å². The van der Waals surface area contributed by atoms with Crippen LogP contribution in [0.15, 0.2) is 12.4 Å². The van der Waals surface area contributed by atoms with Crippen molar-refractivity contribution in [1.29, 1.82) is 0 Å². The predicted molar refractivity (Wildman–Crippen MR) is 68.8 cm³/mol. The third-order valence-electron chi connectivity index (χ3n) is 3.35. The summed E-state index contributed by atoms with van der Waals surface area (Å²) in [6.45, 7) is 6.02.